The highest BCUT2D eigenvalue weighted by Crippen LogP contribution is 2.30. The lowest BCUT2D eigenvalue weighted by atomic mass is 10.1. The summed E-state index contributed by atoms with van der Waals surface area (Å²) < 4.78 is 5.88. The van der Waals surface area contributed by atoms with E-state index in [0.29, 0.717) is 6.04 Å². The molecule has 0 radical (unpaired) electrons. The molecule has 20 heavy (non-hydrogen) atoms. The summed E-state index contributed by atoms with van der Waals surface area (Å²) in [6.07, 6.45) is 6.44. The van der Waals surface area contributed by atoms with Crippen molar-refractivity contribution in [1.29, 1.82) is 0 Å². The Hall–Kier alpha value is -0.730. The molecule has 0 amide bonds. The van der Waals surface area contributed by atoms with Gasteiger partial charge in [-0.1, -0.05) is 37.4 Å². The van der Waals surface area contributed by atoms with Gasteiger partial charge in [0.2, 0.25) is 0 Å². The maximum Gasteiger partial charge on any atom is 0.137 e. The van der Waals surface area contributed by atoms with E-state index in [1.54, 1.807) is 0 Å². The first-order valence-electron chi connectivity index (χ1n) is 7.86. The quantitative estimate of drug-likeness (QED) is 0.767. The van der Waals surface area contributed by atoms with E-state index in [0.717, 1.165) is 36.3 Å². The van der Waals surface area contributed by atoms with Crippen molar-refractivity contribution in [3.63, 3.8) is 0 Å². The minimum absolute atomic E-state index is 0.330. The van der Waals surface area contributed by atoms with Crippen LogP contribution in [-0.2, 0) is 0 Å². The van der Waals surface area contributed by atoms with E-state index >= 15 is 0 Å². The van der Waals surface area contributed by atoms with Crippen LogP contribution in [0, 0.1) is 5.92 Å². The fraction of sp³-hybridized carbons (Fsp3) is 0.647. The van der Waals surface area contributed by atoms with Gasteiger partial charge in [0.15, 0.2) is 0 Å². The molecule has 0 heterocycles. The summed E-state index contributed by atoms with van der Waals surface area (Å²) in [6, 6.07) is 6.48. The Morgan fingerprint density at radius 1 is 1.35 bits per heavy atom. The van der Waals surface area contributed by atoms with Crippen molar-refractivity contribution in [2.24, 2.45) is 5.92 Å². The molecule has 0 bridgehead atoms. The van der Waals surface area contributed by atoms with Crippen molar-refractivity contribution in [2.45, 2.75) is 52.0 Å². The van der Waals surface area contributed by atoms with Gasteiger partial charge in [0.1, 0.15) is 5.75 Å². The summed E-state index contributed by atoms with van der Waals surface area (Å²) in [5, 5.41) is 4.20. The second kappa shape index (κ2) is 7.90. The maximum absolute atomic E-state index is 6.34. The van der Waals surface area contributed by atoms with E-state index in [1.165, 1.54) is 31.2 Å². The van der Waals surface area contributed by atoms with Crippen molar-refractivity contribution in [3.8, 4) is 5.75 Å². The molecule has 0 spiro atoms. The van der Waals surface area contributed by atoms with E-state index < -0.39 is 0 Å². The van der Waals surface area contributed by atoms with Crippen LogP contribution < -0.4 is 10.1 Å². The molecule has 1 saturated carbocycles. The van der Waals surface area contributed by atoms with E-state index in [-0.39, 0.29) is 0 Å². The average molecular weight is 296 g/mol. The first-order chi connectivity index (χ1) is 9.70. The molecule has 3 heteroatoms. The standard InChI is InChI=1S/C17H26ClNO/c1-3-10-19-13(2)15-8-9-17(16(18)11-15)20-12-14-6-4-5-7-14/h8-9,11,13-14,19H,3-7,10,12H2,1-2H3. The second-order valence-corrected chi connectivity index (χ2v) is 6.23. The van der Waals surface area contributed by atoms with Gasteiger partial charge in [-0.3, -0.25) is 0 Å². The first kappa shape index (κ1) is 15.7. The molecule has 1 aliphatic carbocycles. The Balaban J connectivity index is 1.91. The van der Waals surface area contributed by atoms with Gasteiger partial charge in [0.05, 0.1) is 11.6 Å². The minimum Gasteiger partial charge on any atom is -0.492 e. The molecule has 1 unspecified atom stereocenters. The summed E-state index contributed by atoms with van der Waals surface area (Å²) >= 11 is 6.34. The molecule has 112 valence electrons. The lowest BCUT2D eigenvalue weighted by Crippen LogP contribution is -2.19. The third-order valence-corrected chi connectivity index (χ3v) is 4.40. The smallest absolute Gasteiger partial charge is 0.137 e. The van der Waals surface area contributed by atoms with Crippen LogP contribution in [0.1, 0.15) is 57.6 Å². The lowest BCUT2D eigenvalue weighted by molar-refractivity contribution is 0.252. The highest BCUT2D eigenvalue weighted by molar-refractivity contribution is 6.32. The largest absolute Gasteiger partial charge is 0.492 e. The fourth-order valence-corrected chi connectivity index (χ4v) is 3.01. The Kier molecular flexibility index (Phi) is 6.18. The minimum atomic E-state index is 0.330. The zero-order chi connectivity index (χ0) is 14.4. The number of benzene rings is 1. The van der Waals surface area contributed by atoms with E-state index in [1.807, 2.05) is 12.1 Å². The Bertz CT molecular complexity index is 415. The topological polar surface area (TPSA) is 21.3 Å². The van der Waals surface area contributed by atoms with Crippen LogP contribution in [0.15, 0.2) is 18.2 Å². The Morgan fingerprint density at radius 3 is 2.75 bits per heavy atom. The molecule has 0 aliphatic heterocycles. The number of ether oxygens (including phenoxy) is 1. The van der Waals surface area contributed by atoms with Gasteiger partial charge in [-0.25, -0.2) is 0 Å². The predicted molar refractivity (Wildman–Crippen MR) is 85.6 cm³/mol. The van der Waals surface area contributed by atoms with Crippen molar-refractivity contribution in [3.05, 3.63) is 28.8 Å². The molecule has 2 nitrogen and oxygen atoms in total. The molecule has 1 aliphatic rings. The molecule has 1 aromatic rings. The molecule has 1 N–H and O–H groups in total. The van der Waals surface area contributed by atoms with Crippen LogP contribution in [0.25, 0.3) is 0 Å². The second-order valence-electron chi connectivity index (χ2n) is 5.83. The van der Waals surface area contributed by atoms with Gasteiger partial charge in [-0.2, -0.15) is 0 Å². The molecule has 1 atom stereocenters. The van der Waals surface area contributed by atoms with Gasteiger partial charge in [-0.15, -0.1) is 0 Å². The highest BCUT2D eigenvalue weighted by Gasteiger charge is 2.16. The third kappa shape index (κ3) is 4.39. The molecular weight excluding hydrogens is 270 g/mol. The average Bonchev–Trinajstić information content (AvgIpc) is 2.96. The van der Waals surface area contributed by atoms with E-state index in [9.17, 15) is 0 Å². The summed E-state index contributed by atoms with van der Waals surface area (Å²) in [7, 11) is 0. The van der Waals surface area contributed by atoms with Crippen molar-refractivity contribution in [2.75, 3.05) is 13.2 Å². The van der Waals surface area contributed by atoms with Crippen LogP contribution in [-0.4, -0.2) is 13.2 Å². The third-order valence-electron chi connectivity index (χ3n) is 4.11. The first-order valence-corrected chi connectivity index (χ1v) is 8.24. The van der Waals surface area contributed by atoms with Crippen molar-refractivity contribution in [1.82, 2.24) is 5.32 Å². The SMILES string of the molecule is CCCNC(C)c1ccc(OCC2CCCC2)c(Cl)c1. The van der Waals surface area contributed by atoms with Crippen LogP contribution >= 0.6 is 11.6 Å². The van der Waals surface area contributed by atoms with Crippen molar-refractivity contribution >= 4 is 11.6 Å². The van der Waals surface area contributed by atoms with Crippen molar-refractivity contribution < 1.29 is 4.74 Å². The fourth-order valence-electron chi connectivity index (χ4n) is 2.77. The van der Waals surface area contributed by atoms with Gasteiger partial charge in [0, 0.05) is 6.04 Å². The predicted octanol–water partition coefficient (Wildman–Crippen LogP) is 4.97. The normalized spacial score (nSPS) is 17.4. The van der Waals surface area contributed by atoms with Crippen LogP contribution in [0.2, 0.25) is 5.02 Å². The summed E-state index contributed by atoms with van der Waals surface area (Å²) in [5.41, 5.74) is 1.22. The molecule has 2 rings (SSSR count). The number of rotatable bonds is 7. The maximum atomic E-state index is 6.34. The zero-order valence-electron chi connectivity index (χ0n) is 12.6. The van der Waals surface area contributed by atoms with E-state index in [4.69, 9.17) is 16.3 Å². The molecular formula is C17H26ClNO. The summed E-state index contributed by atoms with van der Waals surface area (Å²) in [4.78, 5) is 0. The molecule has 0 aromatic heterocycles. The number of nitrogens with one attached hydrogen (secondary N) is 1. The molecule has 0 saturated heterocycles. The van der Waals surface area contributed by atoms with Crippen LogP contribution in [0.4, 0.5) is 0 Å². The Morgan fingerprint density at radius 2 is 2.10 bits per heavy atom. The number of hydrogen-bond donors (Lipinski definition) is 1. The van der Waals surface area contributed by atoms with Crippen LogP contribution in [0.5, 0.6) is 5.75 Å². The molecule has 1 fully saturated rings. The van der Waals surface area contributed by atoms with Gasteiger partial charge < -0.3 is 10.1 Å². The summed E-state index contributed by atoms with van der Waals surface area (Å²) in [6.45, 7) is 6.18. The Labute approximate surface area is 127 Å². The van der Waals surface area contributed by atoms with Crippen LogP contribution in [0.3, 0.4) is 0 Å². The van der Waals surface area contributed by atoms with Gasteiger partial charge >= 0.3 is 0 Å². The number of hydrogen-bond acceptors (Lipinski definition) is 2. The highest BCUT2D eigenvalue weighted by atomic mass is 35.5. The van der Waals surface area contributed by atoms with E-state index in [2.05, 4.69) is 25.2 Å². The van der Waals surface area contributed by atoms with Gasteiger partial charge in [-0.05, 0) is 56.3 Å². The zero-order valence-corrected chi connectivity index (χ0v) is 13.4. The number of halogens is 1. The molecule has 1 aromatic carbocycles. The monoisotopic (exact) mass is 295 g/mol. The lowest BCUT2D eigenvalue weighted by Gasteiger charge is -2.16. The summed E-state index contributed by atoms with van der Waals surface area (Å²) in [5.74, 6) is 1.54. The van der Waals surface area contributed by atoms with Gasteiger partial charge in [0.25, 0.3) is 0 Å².